The number of hydrogen-bond donors (Lipinski definition) is 6. The Kier molecular flexibility index (Phi) is 55.4. The van der Waals surface area contributed by atoms with Crippen molar-refractivity contribution in [2.75, 3.05) is 13.2 Å². The Morgan fingerprint density at radius 1 is 0.442 bits per heavy atom. The molecule has 9 heteroatoms. The summed E-state index contributed by atoms with van der Waals surface area (Å²) in [4.78, 5) is 13.1. The minimum atomic E-state index is -1.55. The van der Waals surface area contributed by atoms with Crippen molar-refractivity contribution in [1.29, 1.82) is 0 Å². The highest BCUT2D eigenvalue weighted by atomic mass is 16.7. The maximum atomic E-state index is 13.1. The Labute approximate surface area is 477 Å². The van der Waals surface area contributed by atoms with E-state index in [1.165, 1.54) is 276 Å². The molecule has 1 aliphatic heterocycles. The van der Waals surface area contributed by atoms with Crippen molar-refractivity contribution in [1.82, 2.24) is 5.32 Å². The van der Waals surface area contributed by atoms with Crippen molar-refractivity contribution in [2.45, 2.75) is 391 Å². The Bertz CT molecular complexity index is 1260. The molecule has 1 aliphatic rings. The van der Waals surface area contributed by atoms with Gasteiger partial charge >= 0.3 is 0 Å². The predicted octanol–water partition coefficient (Wildman–Crippen LogP) is 18.1. The molecule has 1 heterocycles. The maximum Gasteiger partial charge on any atom is 0.220 e. The van der Waals surface area contributed by atoms with Crippen LogP contribution in [0, 0.1) is 0 Å². The molecular weight excluding hydrogens is 959 g/mol. The van der Waals surface area contributed by atoms with Gasteiger partial charge in [-0.15, -0.1) is 0 Å². The number of hydrogen-bond acceptors (Lipinski definition) is 8. The van der Waals surface area contributed by atoms with Crippen LogP contribution in [0.2, 0.25) is 0 Å². The number of aliphatic hydroxyl groups is 5. The largest absolute Gasteiger partial charge is 0.394 e. The van der Waals surface area contributed by atoms with E-state index in [0.29, 0.717) is 12.8 Å². The number of nitrogens with one attached hydrogen (secondary N) is 1. The van der Waals surface area contributed by atoms with Crippen LogP contribution in [0.1, 0.15) is 348 Å². The van der Waals surface area contributed by atoms with E-state index in [9.17, 15) is 30.3 Å². The minimum Gasteiger partial charge on any atom is -0.394 e. The zero-order valence-electron chi connectivity index (χ0n) is 51.0. The second kappa shape index (κ2) is 57.9. The smallest absolute Gasteiger partial charge is 0.220 e. The van der Waals surface area contributed by atoms with Gasteiger partial charge in [-0.1, -0.05) is 321 Å². The van der Waals surface area contributed by atoms with Crippen LogP contribution in [0.15, 0.2) is 24.3 Å². The highest BCUT2D eigenvalue weighted by Gasteiger charge is 2.44. The fourth-order valence-corrected chi connectivity index (χ4v) is 11.2. The van der Waals surface area contributed by atoms with Crippen LogP contribution in [0.25, 0.3) is 0 Å². The number of carbonyl (C=O) groups excluding carboxylic acids is 1. The fraction of sp³-hybridized carbons (Fsp3) is 0.926. The van der Waals surface area contributed by atoms with Gasteiger partial charge < -0.3 is 40.3 Å². The van der Waals surface area contributed by atoms with Crippen LogP contribution in [-0.2, 0) is 14.3 Å². The summed E-state index contributed by atoms with van der Waals surface area (Å²) in [6.07, 6.45) is 68.4. The maximum absolute atomic E-state index is 13.1. The molecule has 1 saturated heterocycles. The molecule has 456 valence electrons. The average molecular weight is 1090 g/mol. The Morgan fingerprint density at radius 3 is 1.12 bits per heavy atom. The van der Waals surface area contributed by atoms with Crippen LogP contribution in [0.4, 0.5) is 0 Å². The first-order chi connectivity index (χ1) is 37.8. The molecule has 1 rings (SSSR count). The van der Waals surface area contributed by atoms with E-state index in [2.05, 4.69) is 43.5 Å². The average Bonchev–Trinajstić information content (AvgIpc) is 3.43. The summed E-state index contributed by atoms with van der Waals surface area (Å²) in [5, 5.41) is 54.7. The first kappa shape index (κ1) is 73.7. The summed E-state index contributed by atoms with van der Waals surface area (Å²) < 4.78 is 11.3. The quantitative estimate of drug-likeness (QED) is 0.0261. The molecular formula is C68H131NO8. The van der Waals surface area contributed by atoms with Crippen LogP contribution in [-0.4, -0.2) is 87.5 Å². The molecule has 0 spiro atoms. The van der Waals surface area contributed by atoms with Crippen LogP contribution in [0.3, 0.4) is 0 Å². The number of rotatable bonds is 60. The van der Waals surface area contributed by atoms with E-state index in [4.69, 9.17) is 9.47 Å². The van der Waals surface area contributed by atoms with Crippen molar-refractivity contribution in [3.05, 3.63) is 24.3 Å². The van der Waals surface area contributed by atoms with E-state index in [1.54, 1.807) is 0 Å². The van der Waals surface area contributed by atoms with Gasteiger partial charge in [-0.2, -0.15) is 0 Å². The van der Waals surface area contributed by atoms with Crippen LogP contribution < -0.4 is 5.32 Å². The third-order valence-corrected chi connectivity index (χ3v) is 16.6. The Hall–Kier alpha value is -1.33. The van der Waals surface area contributed by atoms with Crippen molar-refractivity contribution >= 4 is 5.91 Å². The molecule has 9 nitrogen and oxygen atoms in total. The molecule has 0 aromatic carbocycles. The zero-order chi connectivity index (χ0) is 55.8. The zero-order valence-corrected chi connectivity index (χ0v) is 51.0. The summed E-state index contributed by atoms with van der Waals surface area (Å²) in [5.41, 5.74) is 0. The number of amides is 1. The fourth-order valence-electron chi connectivity index (χ4n) is 11.2. The lowest BCUT2D eigenvalue weighted by molar-refractivity contribution is -0.302. The van der Waals surface area contributed by atoms with Gasteiger partial charge in [0.15, 0.2) is 6.29 Å². The summed E-state index contributed by atoms with van der Waals surface area (Å²) in [6, 6.07) is -0.715. The van der Waals surface area contributed by atoms with Gasteiger partial charge in [-0.3, -0.25) is 4.79 Å². The number of unbranched alkanes of at least 4 members (excludes halogenated alkanes) is 46. The van der Waals surface area contributed by atoms with Crippen molar-refractivity contribution < 1.29 is 39.8 Å². The molecule has 0 aromatic rings. The minimum absolute atomic E-state index is 0.133. The number of allylic oxidation sites excluding steroid dienone is 4. The third kappa shape index (κ3) is 46.9. The molecule has 0 saturated carbocycles. The second-order valence-electron chi connectivity index (χ2n) is 24.0. The molecule has 1 amide bonds. The van der Waals surface area contributed by atoms with E-state index in [1.807, 2.05) is 0 Å². The molecule has 7 atom stereocenters. The molecule has 0 aliphatic carbocycles. The van der Waals surface area contributed by atoms with Gasteiger partial charge in [0.25, 0.3) is 0 Å². The van der Waals surface area contributed by atoms with Gasteiger partial charge in [0, 0.05) is 6.42 Å². The van der Waals surface area contributed by atoms with E-state index in [0.717, 1.165) is 44.9 Å². The van der Waals surface area contributed by atoms with Crippen LogP contribution >= 0.6 is 0 Å². The summed E-state index contributed by atoms with van der Waals surface area (Å²) in [7, 11) is 0. The molecule has 1 fully saturated rings. The molecule has 7 unspecified atom stereocenters. The number of carbonyl (C=O) groups is 1. The number of ether oxygens (including phenoxy) is 2. The van der Waals surface area contributed by atoms with Crippen molar-refractivity contribution in [3.63, 3.8) is 0 Å². The molecule has 77 heavy (non-hydrogen) atoms. The van der Waals surface area contributed by atoms with Crippen LogP contribution in [0.5, 0.6) is 0 Å². The predicted molar refractivity (Wildman–Crippen MR) is 327 cm³/mol. The highest BCUT2D eigenvalue weighted by Crippen LogP contribution is 2.24. The SMILES string of the molecule is CCCCCCC/C=C\C/C=C\CCCCCCCCCCCCCCCCCCCCCCCCCCCCCCCC(=O)NC(COC1OC(CO)C(O)C(O)C1O)C(O)CCCCCCCCCCCCCCC. The lowest BCUT2D eigenvalue weighted by Gasteiger charge is -2.40. The van der Waals surface area contributed by atoms with E-state index in [-0.39, 0.29) is 12.5 Å². The third-order valence-electron chi connectivity index (χ3n) is 16.6. The van der Waals surface area contributed by atoms with Gasteiger partial charge in [-0.05, 0) is 44.9 Å². The topological polar surface area (TPSA) is 149 Å². The normalized spacial score (nSPS) is 18.8. The molecule has 0 radical (unpaired) electrons. The van der Waals surface area contributed by atoms with Gasteiger partial charge in [-0.25, -0.2) is 0 Å². The summed E-state index contributed by atoms with van der Waals surface area (Å²) >= 11 is 0. The van der Waals surface area contributed by atoms with Gasteiger partial charge in [0.1, 0.15) is 24.4 Å². The monoisotopic (exact) mass is 1090 g/mol. The molecule has 0 aromatic heterocycles. The highest BCUT2D eigenvalue weighted by molar-refractivity contribution is 5.76. The molecule has 0 bridgehead atoms. The lowest BCUT2D eigenvalue weighted by Crippen LogP contribution is -2.60. The first-order valence-electron chi connectivity index (χ1n) is 34.0. The number of aliphatic hydroxyl groups excluding tert-OH is 5. The second-order valence-corrected chi connectivity index (χ2v) is 24.0. The van der Waals surface area contributed by atoms with Gasteiger partial charge in [0.2, 0.25) is 5.91 Å². The molecule has 6 N–H and O–H groups in total. The first-order valence-corrected chi connectivity index (χ1v) is 34.0. The Morgan fingerprint density at radius 2 is 0.766 bits per heavy atom. The Balaban J connectivity index is 1.98. The van der Waals surface area contributed by atoms with Crippen molar-refractivity contribution in [2.24, 2.45) is 0 Å². The van der Waals surface area contributed by atoms with Gasteiger partial charge in [0.05, 0.1) is 25.4 Å². The summed E-state index contributed by atoms with van der Waals surface area (Å²) in [5.74, 6) is -0.137. The van der Waals surface area contributed by atoms with E-state index >= 15 is 0 Å². The standard InChI is InChI=1S/C68H131NO8/c1-3-5-7-9-11-13-15-17-18-19-20-21-22-23-24-25-26-27-28-29-30-31-32-33-34-35-36-37-38-39-40-41-42-43-44-46-48-50-52-54-56-58-64(72)69-61(60-76-68-67(75)66(74)65(73)63(59-70)77-68)62(71)57-55-53-51-49-47-45-16-14-12-10-8-6-4-2/h15,17,19-20,61-63,65-68,70-71,73-75H,3-14,16,18,21-60H2,1-2H3,(H,69,72)/b17-15-,20-19-. The van der Waals surface area contributed by atoms with E-state index < -0.39 is 49.5 Å². The lowest BCUT2D eigenvalue weighted by atomic mass is 9.99. The summed E-state index contributed by atoms with van der Waals surface area (Å²) in [6.45, 7) is 3.86. The van der Waals surface area contributed by atoms with Crippen molar-refractivity contribution in [3.8, 4) is 0 Å².